The second kappa shape index (κ2) is 5.59. The van der Waals surface area contributed by atoms with Crippen LogP contribution in [-0.4, -0.2) is 41.8 Å². The number of likely N-dealkylation sites (tertiary alicyclic amines) is 1. The largest absolute Gasteiger partial charge is 0.464 e. The number of rotatable bonds is 2. The fourth-order valence-electron chi connectivity index (χ4n) is 2.01. The first-order valence-corrected chi connectivity index (χ1v) is 6.33. The molecular weight excluding hydrogens is 234 g/mol. The third kappa shape index (κ3) is 4.20. The van der Waals surface area contributed by atoms with Gasteiger partial charge in [-0.1, -0.05) is 6.92 Å². The Kier molecular flexibility index (Phi) is 4.59. The molecule has 1 aliphatic rings. The first-order valence-electron chi connectivity index (χ1n) is 6.33. The van der Waals surface area contributed by atoms with E-state index < -0.39 is 5.60 Å². The van der Waals surface area contributed by atoms with Crippen LogP contribution in [0.3, 0.4) is 0 Å². The van der Waals surface area contributed by atoms with E-state index in [0.717, 1.165) is 6.42 Å². The van der Waals surface area contributed by atoms with Crippen LogP contribution in [0.25, 0.3) is 0 Å². The average Bonchev–Trinajstić information content (AvgIpc) is 2.54. The van der Waals surface area contributed by atoms with Crippen LogP contribution < -0.4 is 0 Å². The van der Waals surface area contributed by atoms with Gasteiger partial charge in [0.1, 0.15) is 12.2 Å². The van der Waals surface area contributed by atoms with Crippen LogP contribution in [0, 0.1) is 5.92 Å². The van der Waals surface area contributed by atoms with E-state index in [1.54, 1.807) is 4.90 Å². The molecule has 18 heavy (non-hydrogen) atoms. The first-order chi connectivity index (χ1) is 8.20. The Balaban J connectivity index is 2.62. The van der Waals surface area contributed by atoms with Gasteiger partial charge in [0, 0.05) is 13.5 Å². The van der Waals surface area contributed by atoms with Crippen molar-refractivity contribution in [2.24, 2.45) is 5.92 Å². The topological polar surface area (TPSA) is 55.8 Å². The van der Waals surface area contributed by atoms with E-state index >= 15 is 0 Å². The number of carbonyl (C=O) groups is 2. The minimum absolute atomic E-state index is 0.0799. The molecule has 1 fully saturated rings. The maximum absolute atomic E-state index is 12.0. The molecule has 1 aliphatic heterocycles. The molecule has 1 heterocycles. The molecule has 2 unspecified atom stereocenters. The van der Waals surface area contributed by atoms with Crippen LogP contribution in [0.4, 0.5) is 4.79 Å². The van der Waals surface area contributed by atoms with E-state index in [-0.39, 0.29) is 24.7 Å². The summed E-state index contributed by atoms with van der Waals surface area (Å²) in [6.45, 7) is 9.84. The van der Waals surface area contributed by atoms with Crippen molar-refractivity contribution in [1.82, 2.24) is 4.90 Å². The summed E-state index contributed by atoms with van der Waals surface area (Å²) < 4.78 is 10.4. The quantitative estimate of drug-likeness (QED) is 0.712. The minimum atomic E-state index is -0.505. The Labute approximate surface area is 108 Å². The van der Waals surface area contributed by atoms with Gasteiger partial charge < -0.3 is 14.4 Å². The third-order valence-electron chi connectivity index (χ3n) is 2.97. The van der Waals surface area contributed by atoms with Crippen LogP contribution in [0.15, 0.2) is 0 Å². The predicted molar refractivity (Wildman–Crippen MR) is 67.1 cm³/mol. The van der Waals surface area contributed by atoms with Crippen molar-refractivity contribution in [3.63, 3.8) is 0 Å². The Morgan fingerprint density at radius 1 is 1.33 bits per heavy atom. The Morgan fingerprint density at radius 3 is 2.44 bits per heavy atom. The molecule has 5 nitrogen and oxygen atoms in total. The van der Waals surface area contributed by atoms with Gasteiger partial charge in [0.05, 0.1) is 6.04 Å². The molecule has 1 amide bonds. The number of hydrogen-bond donors (Lipinski definition) is 0. The van der Waals surface area contributed by atoms with Crippen molar-refractivity contribution in [1.29, 1.82) is 0 Å². The van der Waals surface area contributed by atoms with Crippen LogP contribution in [-0.2, 0) is 14.3 Å². The molecule has 104 valence electrons. The number of hydrogen-bond acceptors (Lipinski definition) is 4. The smallest absolute Gasteiger partial charge is 0.410 e. The monoisotopic (exact) mass is 257 g/mol. The highest BCUT2D eigenvalue weighted by Gasteiger charge is 2.37. The summed E-state index contributed by atoms with van der Waals surface area (Å²) in [4.78, 5) is 24.5. The van der Waals surface area contributed by atoms with Crippen molar-refractivity contribution >= 4 is 12.1 Å². The fourth-order valence-corrected chi connectivity index (χ4v) is 2.01. The van der Waals surface area contributed by atoms with E-state index in [9.17, 15) is 9.59 Å². The van der Waals surface area contributed by atoms with E-state index in [2.05, 4.69) is 6.92 Å². The molecule has 0 aromatic rings. The van der Waals surface area contributed by atoms with Crippen molar-refractivity contribution in [2.75, 3.05) is 13.2 Å². The summed E-state index contributed by atoms with van der Waals surface area (Å²) >= 11 is 0. The first kappa shape index (κ1) is 14.8. The normalized spacial score (nSPS) is 23.9. The van der Waals surface area contributed by atoms with E-state index in [1.807, 2.05) is 20.8 Å². The molecule has 0 N–H and O–H groups in total. The lowest BCUT2D eigenvalue weighted by Gasteiger charge is -2.29. The Morgan fingerprint density at radius 2 is 1.94 bits per heavy atom. The van der Waals surface area contributed by atoms with Crippen molar-refractivity contribution < 1.29 is 19.1 Å². The van der Waals surface area contributed by atoms with Gasteiger partial charge in [-0.2, -0.15) is 0 Å². The summed E-state index contributed by atoms with van der Waals surface area (Å²) in [7, 11) is 0. The molecule has 0 aromatic heterocycles. The molecule has 1 rings (SSSR count). The SMILES string of the molecule is CC(=O)OCC1C(C)CCN1C(=O)OC(C)(C)C. The minimum Gasteiger partial charge on any atom is -0.464 e. The zero-order chi connectivity index (χ0) is 13.9. The molecule has 0 aliphatic carbocycles. The van der Waals surface area contributed by atoms with Gasteiger partial charge in [-0.15, -0.1) is 0 Å². The summed E-state index contributed by atoms with van der Waals surface area (Å²) in [6, 6.07) is -0.0799. The summed E-state index contributed by atoms with van der Waals surface area (Å²) in [5.74, 6) is -0.00453. The van der Waals surface area contributed by atoms with Gasteiger partial charge in [-0.05, 0) is 33.1 Å². The van der Waals surface area contributed by atoms with Gasteiger partial charge in [-0.25, -0.2) is 4.79 Å². The number of carbonyl (C=O) groups excluding carboxylic acids is 2. The average molecular weight is 257 g/mol. The maximum atomic E-state index is 12.0. The number of ether oxygens (including phenoxy) is 2. The molecule has 0 radical (unpaired) electrons. The fraction of sp³-hybridized carbons (Fsp3) is 0.846. The van der Waals surface area contributed by atoms with Gasteiger partial charge in [0.25, 0.3) is 0 Å². The second-order valence-electron chi connectivity index (χ2n) is 5.81. The number of amides is 1. The predicted octanol–water partition coefficient (Wildman–Crippen LogP) is 2.20. The van der Waals surface area contributed by atoms with E-state index in [1.165, 1.54) is 6.92 Å². The highest BCUT2D eigenvalue weighted by atomic mass is 16.6. The number of nitrogens with zero attached hydrogens (tertiary/aromatic N) is 1. The summed E-state index contributed by atoms with van der Waals surface area (Å²) in [5.41, 5.74) is -0.505. The zero-order valence-electron chi connectivity index (χ0n) is 11.9. The van der Waals surface area contributed by atoms with Gasteiger partial charge >= 0.3 is 12.1 Å². The number of esters is 1. The molecule has 5 heteroatoms. The molecule has 0 bridgehead atoms. The molecule has 2 atom stereocenters. The lowest BCUT2D eigenvalue weighted by Crippen LogP contribution is -2.43. The van der Waals surface area contributed by atoms with Crippen molar-refractivity contribution in [3.05, 3.63) is 0 Å². The molecule has 0 spiro atoms. The molecule has 0 saturated carbocycles. The van der Waals surface area contributed by atoms with Crippen molar-refractivity contribution in [2.45, 2.75) is 52.7 Å². The van der Waals surface area contributed by atoms with Crippen LogP contribution in [0.2, 0.25) is 0 Å². The maximum Gasteiger partial charge on any atom is 0.410 e. The Bertz CT molecular complexity index is 321. The zero-order valence-corrected chi connectivity index (χ0v) is 11.9. The van der Waals surface area contributed by atoms with E-state index in [0.29, 0.717) is 12.5 Å². The van der Waals surface area contributed by atoms with Gasteiger partial charge in [-0.3, -0.25) is 4.79 Å². The van der Waals surface area contributed by atoms with Crippen LogP contribution >= 0.6 is 0 Å². The van der Waals surface area contributed by atoms with Crippen molar-refractivity contribution in [3.8, 4) is 0 Å². The van der Waals surface area contributed by atoms with Crippen LogP contribution in [0.1, 0.15) is 41.0 Å². The molecular formula is C13H23NO4. The highest BCUT2D eigenvalue weighted by molar-refractivity contribution is 5.69. The third-order valence-corrected chi connectivity index (χ3v) is 2.97. The van der Waals surface area contributed by atoms with Crippen LogP contribution in [0.5, 0.6) is 0 Å². The van der Waals surface area contributed by atoms with E-state index in [4.69, 9.17) is 9.47 Å². The Hall–Kier alpha value is -1.26. The highest BCUT2D eigenvalue weighted by Crippen LogP contribution is 2.26. The second-order valence-corrected chi connectivity index (χ2v) is 5.81. The summed E-state index contributed by atoms with van der Waals surface area (Å²) in [5, 5.41) is 0. The summed E-state index contributed by atoms with van der Waals surface area (Å²) in [6.07, 6.45) is 0.578. The molecule has 0 aromatic carbocycles. The van der Waals surface area contributed by atoms with Gasteiger partial charge in [0.2, 0.25) is 0 Å². The molecule has 1 saturated heterocycles. The lowest BCUT2D eigenvalue weighted by molar-refractivity contribution is -0.142. The lowest BCUT2D eigenvalue weighted by atomic mass is 10.0. The van der Waals surface area contributed by atoms with Gasteiger partial charge in [0.15, 0.2) is 0 Å². The standard InChI is InChI=1S/C13H23NO4/c1-9-6-7-14(11(9)8-17-10(2)15)12(16)18-13(3,4)5/h9,11H,6-8H2,1-5H3.